The fraction of sp³-hybridized carbons (Fsp3) is 0.400. The number of rotatable bonds is 2. The van der Waals surface area contributed by atoms with Crippen LogP contribution in [0.4, 0.5) is 11.5 Å². The van der Waals surface area contributed by atoms with Crippen LogP contribution in [0, 0.1) is 0 Å². The van der Waals surface area contributed by atoms with Gasteiger partial charge in [0.15, 0.2) is 17.0 Å². The van der Waals surface area contributed by atoms with Crippen LogP contribution in [0.3, 0.4) is 0 Å². The molecule has 0 amide bonds. The number of piperazine rings is 1. The third-order valence-electron chi connectivity index (χ3n) is 4.46. The van der Waals surface area contributed by atoms with Crippen LogP contribution in [0.15, 0.2) is 23.6 Å². The number of anilines is 2. The lowest BCUT2D eigenvalue weighted by Crippen LogP contribution is -2.47. The Morgan fingerprint density at radius 2 is 1.76 bits per heavy atom. The Morgan fingerprint density at radius 1 is 1.04 bits per heavy atom. The van der Waals surface area contributed by atoms with Gasteiger partial charge in [0, 0.05) is 40.3 Å². The molecule has 1 aliphatic rings. The van der Waals surface area contributed by atoms with Gasteiger partial charge < -0.3 is 14.4 Å². The van der Waals surface area contributed by atoms with Crippen molar-refractivity contribution in [2.24, 2.45) is 14.1 Å². The monoisotopic (exact) mass is 360 g/mol. The summed E-state index contributed by atoms with van der Waals surface area (Å²) in [4.78, 5) is 29.3. The Morgan fingerprint density at radius 3 is 2.52 bits per heavy atom. The van der Waals surface area contributed by atoms with Gasteiger partial charge >= 0.3 is 0 Å². The fourth-order valence-electron chi connectivity index (χ4n) is 3.05. The lowest BCUT2D eigenvalue weighted by Gasteiger charge is -2.36. The molecule has 3 aromatic rings. The Kier molecular flexibility index (Phi) is 3.79. The van der Waals surface area contributed by atoms with Crippen LogP contribution in [0.2, 0.25) is 5.02 Å². The normalized spacial score (nSPS) is 15.2. The molecular weight excluding hydrogens is 344 g/mol. The maximum Gasteiger partial charge on any atom is 0.287 e. The molecule has 0 saturated carbocycles. The van der Waals surface area contributed by atoms with Crippen molar-refractivity contribution in [2.45, 2.75) is 0 Å². The molecule has 0 unspecified atom stereocenters. The van der Waals surface area contributed by atoms with Gasteiger partial charge in [-0.3, -0.25) is 4.79 Å². The largest absolute Gasteiger partial charge is 0.365 e. The minimum Gasteiger partial charge on any atom is -0.365 e. The van der Waals surface area contributed by atoms with Gasteiger partial charge in [-0.2, -0.15) is 5.10 Å². The van der Waals surface area contributed by atoms with Crippen LogP contribution < -0.4 is 15.4 Å². The topological polar surface area (TPSA) is 85.0 Å². The number of imidazole rings is 1. The standard InChI is InChI=1S/C15H17ClN8O/c1-21-9-19-12-13(21)17-8-18-14(12)24-5-3-23(4-6-24)10-7-20-22(2)15(25)11(10)16/h7-9H,3-6H2,1-2H3. The van der Waals surface area contributed by atoms with Gasteiger partial charge in [0.05, 0.1) is 18.2 Å². The first-order valence-electron chi connectivity index (χ1n) is 7.90. The van der Waals surface area contributed by atoms with Crippen LogP contribution in [0.25, 0.3) is 11.2 Å². The Labute approximate surface area is 148 Å². The molecule has 0 spiro atoms. The highest BCUT2D eigenvalue weighted by Gasteiger charge is 2.23. The van der Waals surface area contributed by atoms with Crippen molar-refractivity contribution in [3.05, 3.63) is 34.2 Å². The SMILES string of the molecule is Cn1ncc(N2CCN(c3ncnc4c3ncn4C)CC2)c(Cl)c1=O. The van der Waals surface area contributed by atoms with Crippen molar-refractivity contribution in [1.29, 1.82) is 0 Å². The molecule has 4 heterocycles. The summed E-state index contributed by atoms with van der Waals surface area (Å²) in [5, 5.41) is 4.28. The molecule has 3 aromatic heterocycles. The maximum atomic E-state index is 12.0. The lowest BCUT2D eigenvalue weighted by molar-refractivity contribution is 0.639. The minimum atomic E-state index is -0.285. The molecule has 1 aliphatic heterocycles. The molecule has 9 nitrogen and oxygen atoms in total. The average molecular weight is 361 g/mol. The number of fused-ring (bicyclic) bond motifs is 1. The first kappa shape index (κ1) is 15.8. The highest BCUT2D eigenvalue weighted by Crippen LogP contribution is 2.25. The maximum absolute atomic E-state index is 12.0. The zero-order valence-corrected chi connectivity index (χ0v) is 14.7. The number of hydrogen-bond acceptors (Lipinski definition) is 7. The van der Waals surface area contributed by atoms with E-state index in [1.54, 1.807) is 25.9 Å². The Bertz CT molecular complexity index is 989. The van der Waals surface area contributed by atoms with E-state index < -0.39 is 0 Å². The van der Waals surface area contributed by atoms with E-state index in [1.165, 1.54) is 4.68 Å². The van der Waals surface area contributed by atoms with Gasteiger partial charge in [-0.1, -0.05) is 11.6 Å². The van der Waals surface area contributed by atoms with Crippen molar-refractivity contribution in [1.82, 2.24) is 29.3 Å². The highest BCUT2D eigenvalue weighted by molar-refractivity contribution is 6.33. The number of aromatic nitrogens is 6. The molecule has 25 heavy (non-hydrogen) atoms. The molecule has 1 fully saturated rings. The zero-order chi connectivity index (χ0) is 17.6. The van der Waals surface area contributed by atoms with Crippen molar-refractivity contribution >= 4 is 34.3 Å². The molecule has 4 rings (SSSR count). The third kappa shape index (κ3) is 2.60. The summed E-state index contributed by atoms with van der Waals surface area (Å²) in [6.07, 6.45) is 4.94. The summed E-state index contributed by atoms with van der Waals surface area (Å²) in [6.45, 7) is 2.92. The Balaban J connectivity index is 1.57. The van der Waals surface area contributed by atoms with E-state index in [9.17, 15) is 4.79 Å². The van der Waals surface area contributed by atoms with E-state index in [2.05, 4.69) is 29.9 Å². The predicted octanol–water partition coefficient (Wildman–Crippen LogP) is 0.437. The molecule has 0 atom stereocenters. The minimum absolute atomic E-state index is 0.208. The van der Waals surface area contributed by atoms with Crippen LogP contribution in [-0.2, 0) is 14.1 Å². The van der Waals surface area contributed by atoms with E-state index in [-0.39, 0.29) is 10.6 Å². The molecule has 10 heteroatoms. The number of halogens is 1. The third-order valence-corrected chi connectivity index (χ3v) is 4.81. The number of hydrogen-bond donors (Lipinski definition) is 0. The first-order chi connectivity index (χ1) is 12.1. The van der Waals surface area contributed by atoms with Gasteiger partial charge in [0.25, 0.3) is 5.56 Å². The molecule has 130 valence electrons. The summed E-state index contributed by atoms with van der Waals surface area (Å²) in [5.74, 6) is 0.832. The summed E-state index contributed by atoms with van der Waals surface area (Å²) >= 11 is 6.20. The molecule has 0 aliphatic carbocycles. The summed E-state index contributed by atoms with van der Waals surface area (Å²) in [7, 11) is 3.50. The zero-order valence-electron chi connectivity index (χ0n) is 13.9. The first-order valence-corrected chi connectivity index (χ1v) is 8.28. The van der Waals surface area contributed by atoms with Crippen LogP contribution >= 0.6 is 11.6 Å². The predicted molar refractivity (Wildman–Crippen MR) is 95.2 cm³/mol. The van der Waals surface area contributed by atoms with Gasteiger partial charge in [0.2, 0.25) is 0 Å². The quantitative estimate of drug-likeness (QED) is 0.655. The lowest BCUT2D eigenvalue weighted by atomic mass is 10.2. The molecule has 0 aromatic carbocycles. The van der Waals surface area contributed by atoms with Gasteiger partial charge in [0.1, 0.15) is 11.3 Å². The fourth-order valence-corrected chi connectivity index (χ4v) is 3.34. The van der Waals surface area contributed by atoms with Crippen LogP contribution in [0.1, 0.15) is 0 Å². The number of nitrogens with zero attached hydrogens (tertiary/aromatic N) is 8. The average Bonchev–Trinajstić information content (AvgIpc) is 3.02. The molecule has 0 radical (unpaired) electrons. The summed E-state index contributed by atoms with van der Waals surface area (Å²) < 4.78 is 3.11. The number of aryl methyl sites for hydroxylation is 2. The van der Waals surface area contributed by atoms with Crippen LogP contribution in [-0.4, -0.2) is 55.5 Å². The van der Waals surface area contributed by atoms with Crippen molar-refractivity contribution in [3.8, 4) is 0 Å². The van der Waals surface area contributed by atoms with Crippen molar-refractivity contribution in [2.75, 3.05) is 36.0 Å². The van der Waals surface area contributed by atoms with E-state index in [4.69, 9.17) is 11.6 Å². The Hall–Kier alpha value is -2.68. The second kappa shape index (κ2) is 5.99. The van der Waals surface area contributed by atoms with E-state index >= 15 is 0 Å². The second-order valence-electron chi connectivity index (χ2n) is 5.97. The van der Waals surface area contributed by atoms with E-state index in [0.29, 0.717) is 18.8 Å². The molecule has 0 bridgehead atoms. The molecule has 1 saturated heterocycles. The summed E-state index contributed by atoms with van der Waals surface area (Å²) in [5.41, 5.74) is 2.00. The summed E-state index contributed by atoms with van der Waals surface area (Å²) in [6, 6.07) is 0. The van der Waals surface area contributed by atoms with Crippen LogP contribution in [0.5, 0.6) is 0 Å². The van der Waals surface area contributed by atoms with Gasteiger partial charge in [-0.05, 0) is 0 Å². The van der Waals surface area contributed by atoms with Crippen molar-refractivity contribution < 1.29 is 0 Å². The van der Waals surface area contributed by atoms with Gasteiger partial charge in [-0.15, -0.1) is 0 Å². The molecular formula is C15H17ClN8O. The van der Waals surface area contributed by atoms with E-state index in [1.807, 2.05) is 11.6 Å². The smallest absolute Gasteiger partial charge is 0.287 e. The highest BCUT2D eigenvalue weighted by atomic mass is 35.5. The molecule has 0 N–H and O–H groups in total. The van der Waals surface area contributed by atoms with Crippen molar-refractivity contribution in [3.63, 3.8) is 0 Å². The van der Waals surface area contributed by atoms with E-state index in [0.717, 1.165) is 30.1 Å². The van der Waals surface area contributed by atoms with Gasteiger partial charge in [-0.25, -0.2) is 19.6 Å². The second-order valence-corrected chi connectivity index (χ2v) is 6.35.